The number of hydrogen-bond donors (Lipinski definition) is 0. The first kappa shape index (κ1) is 20.2. The van der Waals surface area contributed by atoms with Crippen molar-refractivity contribution in [3.63, 3.8) is 0 Å². The molecule has 1 amide bonds. The van der Waals surface area contributed by atoms with Crippen molar-refractivity contribution in [2.45, 2.75) is 52.0 Å². The average Bonchev–Trinajstić information content (AvgIpc) is 2.48. The molecule has 0 aromatic carbocycles. The Morgan fingerprint density at radius 1 is 1.14 bits per heavy atom. The van der Waals surface area contributed by atoms with Crippen molar-refractivity contribution in [1.82, 2.24) is 4.90 Å². The van der Waals surface area contributed by atoms with Crippen molar-refractivity contribution in [3.8, 4) is 0 Å². The van der Waals surface area contributed by atoms with E-state index in [4.69, 9.17) is 4.74 Å². The van der Waals surface area contributed by atoms with E-state index < -0.39 is 0 Å². The number of fused-ring (bicyclic) bond motifs is 1. The van der Waals surface area contributed by atoms with Gasteiger partial charge in [0.1, 0.15) is 6.61 Å². The minimum absolute atomic E-state index is 0. The van der Waals surface area contributed by atoms with Crippen molar-refractivity contribution in [3.05, 3.63) is 0 Å². The first-order valence-electron chi connectivity index (χ1n) is 8.80. The first-order chi connectivity index (χ1) is 10.1. The summed E-state index contributed by atoms with van der Waals surface area (Å²) in [7, 11) is 2.43. The van der Waals surface area contributed by atoms with E-state index in [-0.39, 0.29) is 36.5 Å². The molecule has 2 fully saturated rings. The maximum absolute atomic E-state index is 12.0. The zero-order chi connectivity index (χ0) is 15.3. The van der Waals surface area contributed by atoms with E-state index in [1.807, 2.05) is 18.7 Å². The predicted octanol–water partition coefficient (Wildman–Crippen LogP) is -0.715. The molecule has 130 valence electrons. The highest BCUT2D eigenvalue weighted by atomic mass is 127. The van der Waals surface area contributed by atoms with Gasteiger partial charge >= 0.3 is 0 Å². The summed E-state index contributed by atoms with van der Waals surface area (Å²) in [5.41, 5.74) is 0. The normalized spacial score (nSPS) is 31.0. The number of hydrogen-bond acceptors (Lipinski definition) is 2. The number of piperidine rings is 2. The number of amides is 1. The van der Waals surface area contributed by atoms with Crippen LogP contribution in [0.1, 0.15) is 46.0 Å². The SMILES string of the molecule is CCN(CC)C(=O)COCC1CCC[N+]2(C)CCCCC12.[I-]. The van der Waals surface area contributed by atoms with E-state index >= 15 is 0 Å². The van der Waals surface area contributed by atoms with Gasteiger partial charge in [0, 0.05) is 25.4 Å². The molecule has 0 aromatic heterocycles. The van der Waals surface area contributed by atoms with Crippen LogP contribution in [0.15, 0.2) is 0 Å². The molecule has 0 radical (unpaired) electrons. The number of carbonyl (C=O) groups is 1. The molecule has 0 N–H and O–H groups in total. The number of ether oxygens (including phenoxy) is 1. The minimum Gasteiger partial charge on any atom is -1.00 e. The van der Waals surface area contributed by atoms with Crippen LogP contribution in [0.25, 0.3) is 0 Å². The van der Waals surface area contributed by atoms with Gasteiger partial charge in [0.2, 0.25) is 5.91 Å². The van der Waals surface area contributed by atoms with Crippen LogP contribution in [0.3, 0.4) is 0 Å². The number of halogens is 1. The Labute approximate surface area is 153 Å². The second kappa shape index (κ2) is 9.42. The predicted molar refractivity (Wildman–Crippen MR) is 85.0 cm³/mol. The Bertz CT molecular complexity index is 346. The second-order valence-corrected chi connectivity index (χ2v) is 6.97. The Balaban J connectivity index is 0.00000242. The summed E-state index contributed by atoms with van der Waals surface area (Å²) in [6, 6.07) is 0.760. The van der Waals surface area contributed by atoms with Gasteiger partial charge in [-0.3, -0.25) is 4.79 Å². The van der Waals surface area contributed by atoms with E-state index in [0.717, 1.165) is 25.7 Å². The molecule has 0 spiro atoms. The van der Waals surface area contributed by atoms with E-state index in [0.29, 0.717) is 5.92 Å². The number of nitrogens with zero attached hydrogens (tertiary/aromatic N) is 2. The van der Waals surface area contributed by atoms with Gasteiger partial charge in [-0.1, -0.05) is 0 Å². The molecular formula is C17H33IN2O2. The quantitative estimate of drug-likeness (QED) is 0.417. The maximum Gasteiger partial charge on any atom is 0.248 e. The van der Waals surface area contributed by atoms with Gasteiger partial charge in [-0.2, -0.15) is 0 Å². The molecule has 2 saturated heterocycles. The molecule has 2 rings (SSSR count). The summed E-state index contributed by atoms with van der Waals surface area (Å²) >= 11 is 0. The summed E-state index contributed by atoms with van der Waals surface area (Å²) in [4.78, 5) is 13.8. The largest absolute Gasteiger partial charge is 1.00 e. The van der Waals surface area contributed by atoms with E-state index in [9.17, 15) is 4.79 Å². The number of carbonyl (C=O) groups excluding carboxylic acids is 1. The van der Waals surface area contributed by atoms with E-state index in [2.05, 4.69) is 7.05 Å². The van der Waals surface area contributed by atoms with Crippen LogP contribution in [-0.4, -0.2) is 67.8 Å². The summed E-state index contributed by atoms with van der Waals surface area (Å²) < 4.78 is 7.06. The second-order valence-electron chi connectivity index (χ2n) is 6.97. The molecule has 0 saturated carbocycles. The minimum atomic E-state index is 0. The van der Waals surface area contributed by atoms with Crippen LogP contribution < -0.4 is 24.0 Å². The van der Waals surface area contributed by atoms with Gasteiger partial charge in [0.15, 0.2) is 0 Å². The molecule has 3 atom stereocenters. The third kappa shape index (κ3) is 4.81. The highest BCUT2D eigenvalue weighted by Crippen LogP contribution is 2.36. The Morgan fingerprint density at radius 2 is 1.82 bits per heavy atom. The third-order valence-electron chi connectivity index (χ3n) is 5.68. The highest BCUT2D eigenvalue weighted by molar-refractivity contribution is 5.77. The van der Waals surface area contributed by atoms with Gasteiger partial charge in [-0.05, 0) is 39.5 Å². The van der Waals surface area contributed by atoms with Gasteiger partial charge in [0.05, 0.1) is 32.8 Å². The molecule has 0 aliphatic carbocycles. The average molecular weight is 424 g/mol. The first-order valence-corrected chi connectivity index (χ1v) is 8.80. The van der Waals surface area contributed by atoms with Gasteiger partial charge in [-0.15, -0.1) is 0 Å². The zero-order valence-corrected chi connectivity index (χ0v) is 16.7. The van der Waals surface area contributed by atoms with Crippen LogP contribution in [0.5, 0.6) is 0 Å². The summed E-state index contributed by atoms with van der Waals surface area (Å²) in [6.45, 7) is 9.29. The molecule has 0 bridgehead atoms. The lowest BCUT2D eigenvalue weighted by Crippen LogP contribution is -3.00. The van der Waals surface area contributed by atoms with Crippen LogP contribution >= 0.6 is 0 Å². The monoisotopic (exact) mass is 424 g/mol. The van der Waals surface area contributed by atoms with Crippen LogP contribution in [0, 0.1) is 5.92 Å². The van der Waals surface area contributed by atoms with Gasteiger partial charge in [-0.25, -0.2) is 0 Å². The third-order valence-corrected chi connectivity index (χ3v) is 5.68. The number of likely N-dealkylation sites (N-methyl/N-ethyl adjacent to an activating group) is 1. The number of rotatable bonds is 6. The molecule has 22 heavy (non-hydrogen) atoms. The molecule has 3 unspecified atom stereocenters. The fourth-order valence-corrected chi connectivity index (χ4v) is 4.39. The summed E-state index contributed by atoms with van der Waals surface area (Å²) in [5, 5.41) is 0. The molecule has 2 aliphatic heterocycles. The van der Waals surface area contributed by atoms with Crippen LogP contribution in [0.2, 0.25) is 0 Å². The van der Waals surface area contributed by atoms with Crippen molar-refractivity contribution >= 4 is 5.91 Å². The Kier molecular flexibility index (Phi) is 8.64. The van der Waals surface area contributed by atoms with Crippen LogP contribution in [-0.2, 0) is 9.53 Å². The molecule has 2 heterocycles. The smallest absolute Gasteiger partial charge is 0.248 e. The topological polar surface area (TPSA) is 29.5 Å². The summed E-state index contributed by atoms with van der Waals surface area (Å²) in [5.74, 6) is 0.783. The van der Waals surface area contributed by atoms with Crippen molar-refractivity contribution in [1.29, 1.82) is 0 Å². The lowest BCUT2D eigenvalue weighted by atomic mass is 9.82. The molecule has 0 aromatic rings. The van der Waals surface area contributed by atoms with E-state index in [1.54, 1.807) is 0 Å². The summed E-state index contributed by atoms with van der Waals surface area (Å²) in [6.07, 6.45) is 6.67. The molecular weight excluding hydrogens is 391 g/mol. The standard InChI is InChI=1S/C17H33N2O2.HI/c1-4-18(5-2)17(20)14-21-13-15-9-8-12-19(3)11-7-6-10-16(15)19;/h15-16H,4-14H2,1-3H3;1H/q+1;/p-1. The van der Waals surface area contributed by atoms with E-state index in [1.165, 1.54) is 49.7 Å². The zero-order valence-electron chi connectivity index (χ0n) is 14.5. The Hall–Kier alpha value is 0.120. The van der Waals surface area contributed by atoms with Crippen LogP contribution in [0.4, 0.5) is 0 Å². The molecule has 5 heteroatoms. The lowest BCUT2D eigenvalue weighted by Gasteiger charge is -2.51. The fourth-order valence-electron chi connectivity index (χ4n) is 4.39. The van der Waals surface area contributed by atoms with Crippen molar-refractivity contribution < 1.29 is 38.0 Å². The van der Waals surface area contributed by atoms with Gasteiger partial charge in [0.25, 0.3) is 0 Å². The van der Waals surface area contributed by atoms with Gasteiger partial charge < -0.3 is 38.1 Å². The Morgan fingerprint density at radius 3 is 2.50 bits per heavy atom. The molecule has 4 nitrogen and oxygen atoms in total. The fraction of sp³-hybridized carbons (Fsp3) is 0.941. The van der Waals surface area contributed by atoms with Crippen molar-refractivity contribution in [2.24, 2.45) is 5.92 Å². The maximum atomic E-state index is 12.0. The van der Waals surface area contributed by atoms with Crippen molar-refractivity contribution in [2.75, 3.05) is 46.4 Å². The molecule has 2 aliphatic rings. The highest BCUT2D eigenvalue weighted by Gasteiger charge is 2.43. The lowest BCUT2D eigenvalue weighted by molar-refractivity contribution is -0.947. The number of quaternary nitrogens is 1.